The highest BCUT2D eigenvalue weighted by Gasteiger charge is 2.12. The van der Waals surface area contributed by atoms with Crippen LogP contribution in [-0.4, -0.2) is 29.6 Å². The topological polar surface area (TPSA) is 65.7 Å². The fourth-order valence-corrected chi connectivity index (χ4v) is 2.84. The molecule has 0 saturated heterocycles. The molecule has 3 rings (SSSR count). The Kier molecular flexibility index (Phi) is 5.43. The van der Waals surface area contributed by atoms with E-state index in [9.17, 15) is 4.79 Å². The second-order valence-electron chi connectivity index (χ2n) is 5.56. The molecule has 0 N–H and O–H groups in total. The zero-order valence-corrected chi connectivity index (χ0v) is 15.5. The molecule has 0 radical (unpaired) electrons. The van der Waals surface area contributed by atoms with Crippen molar-refractivity contribution in [3.05, 3.63) is 63.2 Å². The molecule has 1 heterocycles. The van der Waals surface area contributed by atoms with E-state index in [-0.39, 0.29) is 12.2 Å². The van der Waals surface area contributed by atoms with E-state index >= 15 is 0 Å². The quantitative estimate of drug-likeness (QED) is 0.502. The first kappa shape index (κ1) is 18.5. The second-order valence-corrected chi connectivity index (χ2v) is 5.97. The third-order valence-electron chi connectivity index (χ3n) is 3.79. The van der Waals surface area contributed by atoms with Crippen LogP contribution in [-0.2, 0) is 0 Å². The Morgan fingerprint density at radius 3 is 2.89 bits per heavy atom. The van der Waals surface area contributed by atoms with Gasteiger partial charge in [-0.05, 0) is 36.8 Å². The zero-order chi connectivity index (χ0) is 19.4. The molecule has 0 saturated carbocycles. The third kappa shape index (κ3) is 3.78. The lowest BCUT2D eigenvalue weighted by Crippen LogP contribution is -2.20. The van der Waals surface area contributed by atoms with Crippen molar-refractivity contribution >= 4 is 28.7 Å². The summed E-state index contributed by atoms with van der Waals surface area (Å²) in [7, 11) is 1.50. The van der Waals surface area contributed by atoms with Crippen LogP contribution in [0.15, 0.2) is 46.3 Å². The standard InChI is InChI=1S/C20H16ClN3O3/c1-4-9-27-19-16(21)10-14(11-18(19)26-3)12-22-24-13(2)23-17-8-6-5-7-15(17)20(24)25/h1,5-8,10-12H,9H2,2-3H3. The van der Waals surface area contributed by atoms with Crippen LogP contribution in [0.2, 0.25) is 5.02 Å². The highest BCUT2D eigenvalue weighted by atomic mass is 35.5. The summed E-state index contributed by atoms with van der Waals surface area (Å²) >= 11 is 6.26. The maximum atomic E-state index is 12.7. The largest absolute Gasteiger partial charge is 0.493 e. The van der Waals surface area contributed by atoms with Crippen LogP contribution in [0, 0.1) is 19.3 Å². The zero-order valence-electron chi connectivity index (χ0n) is 14.8. The molecule has 0 unspecified atom stereocenters. The van der Waals surface area contributed by atoms with Gasteiger partial charge in [-0.1, -0.05) is 29.7 Å². The molecule has 0 spiro atoms. The molecule has 0 bridgehead atoms. The Morgan fingerprint density at radius 2 is 2.15 bits per heavy atom. The van der Waals surface area contributed by atoms with E-state index in [0.29, 0.717) is 38.8 Å². The summed E-state index contributed by atoms with van der Waals surface area (Å²) in [5.74, 6) is 3.62. The number of nitrogens with zero attached hydrogens (tertiary/aromatic N) is 3. The first-order valence-electron chi connectivity index (χ1n) is 8.01. The monoisotopic (exact) mass is 381 g/mol. The molecule has 3 aromatic rings. The maximum Gasteiger partial charge on any atom is 0.282 e. The van der Waals surface area contributed by atoms with Crippen molar-refractivity contribution in [2.45, 2.75) is 6.92 Å². The molecular weight excluding hydrogens is 366 g/mol. The van der Waals surface area contributed by atoms with Crippen LogP contribution < -0.4 is 15.0 Å². The molecule has 0 amide bonds. The first-order valence-corrected chi connectivity index (χ1v) is 8.39. The molecule has 0 aliphatic rings. The number of ether oxygens (including phenoxy) is 2. The van der Waals surface area contributed by atoms with Gasteiger partial charge in [-0.25, -0.2) is 4.98 Å². The van der Waals surface area contributed by atoms with Gasteiger partial charge in [-0.3, -0.25) is 4.79 Å². The number of terminal acetylenes is 1. The summed E-state index contributed by atoms with van der Waals surface area (Å²) in [5.41, 5.74) is 1.01. The summed E-state index contributed by atoms with van der Waals surface area (Å²) in [4.78, 5) is 17.1. The molecule has 136 valence electrons. The lowest BCUT2D eigenvalue weighted by molar-refractivity contribution is 0.331. The number of methoxy groups -OCH3 is 1. The van der Waals surface area contributed by atoms with E-state index in [1.165, 1.54) is 18.0 Å². The fourth-order valence-electron chi connectivity index (χ4n) is 2.56. The van der Waals surface area contributed by atoms with Crippen LogP contribution >= 0.6 is 11.6 Å². The van der Waals surface area contributed by atoms with Crippen molar-refractivity contribution in [2.75, 3.05) is 13.7 Å². The van der Waals surface area contributed by atoms with Crippen molar-refractivity contribution in [3.63, 3.8) is 0 Å². The van der Waals surface area contributed by atoms with Crippen LogP contribution in [0.3, 0.4) is 0 Å². The molecule has 0 fully saturated rings. The number of hydrogen-bond acceptors (Lipinski definition) is 5. The Balaban J connectivity index is 2.02. The van der Waals surface area contributed by atoms with Crippen LogP contribution in [0.1, 0.15) is 11.4 Å². The van der Waals surface area contributed by atoms with Gasteiger partial charge in [-0.2, -0.15) is 9.78 Å². The number of fused-ring (bicyclic) bond motifs is 1. The van der Waals surface area contributed by atoms with E-state index in [1.54, 1.807) is 37.3 Å². The predicted molar refractivity (Wildman–Crippen MR) is 106 cm³/mol. The average molecular weight is 382 g/mol. The van der Waals surface area contributed by atoms with Gasteiger partial charge in [0.15, 0.2) is 11.5 Å². The Morgan fingerprint density at radius 1 is 1.37 bits per heavy atom. The van der Waals surface area contributed by atoms with Gasteiger partial charge in [0, 0.05) is 0 Å². The van der Waals surface area contributed by atoms with Crippen molar-refractivity contribution in [3.8, 4) is 23.8 Å². The van der Waals surface area contributed by atoms with E-state index in [0.717, 1.165) is 0 Å². The van der Waals surface area contributed by atoms with E-state index in [1.807, 2.05) is 6.07 Å². The number of rotatable bonds is 5. The average Bonchev–Trinajstić information content (AvgIpc) is 2.66. The summed E-state index contributed by atoms with van der Waals surface area (Å²) in [6, 6.07) is 10.5. The molecule has 6 nitrogen and oxygen atoms in total. The van der Waals surface area contributed by atoms with E-state index < -0.39 is 0 Å². The van der Waals surface area contributed by atoms with Crippen molar-refractivity contribution in [1.82, 2.24) is 9.66 Å². The number of aryl methyl sites for hydroxylation is 1. The Labute approximate surface area is 161 Å². The summed E-state index contributed by atoms with van der Waals surface area (Å²) in [5, 5.41) is 5.08. The molecular formula is C20H16ClN3O3. The minimum absolute atomic E-state index is 0.0703. The number of aromatic nitrogens is 2. The van der Waals surface area contributed by atoms with E-state index in [4.69, 9.17) is 27.5 Å². The molecule has 7 heteroatoms. The second kappa shape index (κ2) is 7.94. The lowest BCUT2D eigenvalue weighted by atomic mass is 10.2. The van der Waals surface area contributed by atoms with Crippen LogP contribution in [0.5, 0.6) is 11.5 Å². The third-order valence-corrected chi connectivity index (χ3v) is 4.07. The minimum Gasteiger partial charge on any atom is -0.493 e. The summed E-state index contributed by atoms with van der Waals surface area (Å²) in [6.07, 6.45) is 6.71. The van der Waals surface area contributed by atoms with E-state index in [2.05, 4.69) is 16.0 Å². The highest BCUT2D eigenvalue weighted by molar-refractivity contribution is 6.32. The van der Waals surface area contributed by atoms with Gasteiger partial charge in [0.2, 0.25) is 0 Å². The van der Waals surface area contributed by atoms with Gasteiger partial charge in [0.05, 0.1) is 29.2 Å². The Hall–Kier alpha value is -3.30. The summed E-state index contributed by atoms with van der Waals surface area (Å²) in [6.45, 7) is 1.79. The molecule has 0 atom stereocenters. The van der Waals surface area contributed by atoms with Gasteiger partial charge in [0.25, 0.3) is 5.56 Å². The smallest absolute Gasteiger partial charge is 0.282 e. The minimum atomic E-state index is -0.249. The highest BCUT2D eigenvalue weighted by Crippen LogP contribution is 2.36. The molecule has 27 heavy (non-hydrogen) atoms. The van der Waals surface area contributed by atoms with Crippen molar-refractivity contribution < 1.29 is 9.47 Å². The number of hydrogen-bond donors (Lipinski definition) is 0. The van der Waals surface area contributed by atoms with Gasteiger partial charge < -0.3 is 9.47 Å². The molecule has 2 aromatic carbocycles. The fraction of sp³-hybridized carbons (Fsp3) is 0.150. The molecule has 0 aliphatic heterocycles. The number of halogens is 1. The van der Waals surface area contributed by atoms with Crippen LogP contribution in [0.25, 0.3) is 10.9 Å². The number of para-hydroxylation sites is 1. The molecule has 1 aromatic heterocycles. The van der Waals surface area contributed by atoms with Crippen molar-refractivity contribution in [1.29, 1.82) is 0 Å². The number of benzene rings is 2. The molecule has 0 aliphatic carbocycles. The first-order chi connectivity index (χ1) is 13.0. The SMILES string of the molecule is C#CCOc1c(Cl)cc(C=Nn2c(C)nc3ccccc3c2=O)cc1OC. The predicted octanol–water partition coefficient (Wildman–Crippen LogP) is 3.26. The van der Waals surface area contributed by atoms with Gasteiger partial charge in [-0.15, -0.1) is 6.42 Å². The van der Waals surface area contributed by atoms with Crippen LogP contribution in [0.4, 0.5) is 0 Å². The Bertz CT molecular complexity index is 1130. The normalized spacial score (nSPS) is 10.9. The maximum absolute atomic E-state index is 12.7. The lowest BCUT2D eigenvalue weighted by Gasteiger charge is -2.11. The van der Waals surface area contributed by atoms with Gasteiger partial charge >= 0.3 is 0 Å². The van der Waals surface area contributed by atoms with Gasteiger partial charge in [0.1, 0.15) is 12.4 Å². The van der Waals surface area contributed by atoms with Crippen molar-refractivity contribution in [2.24, 2.45) is 5.10 Å². The summed E-state index contributed by atoms with van der Waals surface area (Å²) < 4.78 is 12.0.